The number of aromatic nitrogens is 1. The third-order valence-corrected chi connectivity index (χ3v) is 5.30. The molecule has 2 rings (SSSR count). The predicted octanol–water partition coefficient (Wildman–Crippen LogP) is 3.96. The van der Waals surface area contributed by atoms with Gasteiger partial charge in [-0.2, -0.15) is 0 Å². The number of pyridine rings is 1. The fraction of sp³-hybridized carbons (Fsp3) is 0.688. The van der Waals surface area contributed by atoms with Crippen LogP contribution < -0.4 is 5.32 Å². The molecule has 3 heteroatoms. The molecule has 1 heterocycles. The molecule has 0 bridgehead atoms. The predicted molar refractivity (Wildman–Crippen MR) is 83.8 cm³/mol. The van der Waals surface area contributed by atoms with Crippen molar-refractivity contribution >= 4 is 11.8 Å². The summed E-state index contributed by atoms with van der Waals surface area (Å²) in [4.78, 5) is 4.68. The van der Waals surface area contributed by atoms with Crippen LogP contribution in [-0.2, 0) is 0 Å². The van der Waals surface area contributed by atoms with Crippen LogP contribution in [0.5, 0.6) is 0 Å². The minimum absolute atomic E-state index is 0.462. The summed E-state index contributed by atoms with van der Waals surface area (Å²) in [6.07, 6.45) is 3.85. The average molecular weight is 278 g/mol. The number of nitrogens with zero attached hydrogens (tertiary/aromatic N) is 1. The molecule has 0 aliphatic heterocycles. The lowest BCUT2D eigenvalue weighted by Gasteiger charge is -2.40. The van der Waals surface area contributed by atoms with Crippen LogP contribution in [0.2, 0.25) is 0 Å². The smallest absolute Gasteiger partial charge is 0.0968 e. The van der Waals surface area contributed by atoms with E-state index in [1.165, 1.54) is 29.9 Å². The Balaban J connectivity index is 2.14. The highest BCUT2D eigenvalue weighted by Crippen LogP contribution is 2.42. The second kappa shape index (κ2) is 5.84. The number of aryl methyl sites for hydroxylation is 2. The van der Waals surface area contributed by atoms with Crippen molar-refractivity contribution in [3.63, 3.8) is 0 Å². The van der Waals surface area contributed by atoms with Gasteiger partial charge in [0.1, 0.15) is 0 Å². The van der Waals surface area contributed by atoms with E-state index in [9.17, 15) is 0 Å². The quantitative estimate of drug-likeness (QED) is 0.906. The zero-order chi connectivity index (χ0) is 14.0. The molecular formula is C16H26N2S. The lowest BCUT2D eigenvalue weighted by molar-refractivity contribution is 0.218. The first-order valence-electron chi connectivity index (χ1n) is 7.19. The monoisotopic (exact) mass is 278 g/mol. The van der Waals surface area contributed by atoms with Crippen LogP contribution >= 0.6 is 11.8 Å². The van der Waals surface area contributed by atoms with E-state index in [-0.39, 0.29) is 0 Å². The molecule has 1 aromatic heterocycles. The molecule has 0 amide bonds. The summed E-state index contributed by atoms with van der Waals surface area (Å²) in [7, 11) is 2.09. The lowest BCUT2D eigenvalue weighted by Crippen LogP contribution is -2.43. The molecule has 0 spiro atoms. The summed E-state index contributed by atoms with van der Waals surface area (Å²) >= 11 is 1.95. The SMILES string of the molecule is CNC1CCC(C)(C)CC1Sc1cc(C)cc(C)n1. The van der Waals surface area contributed by atoms with Gasteiger partial charge in [0, 0.05) is 17.0 Å². The van der Waals surface area contributed by atoms with Crippen molar-refractivity contribution < 1.29 is 0 Å². The van der Waals surface area contributed by atoms with Gasteiger partial charge in [0.15, 0.2) is 0 Å². The molecule has 1 fully saturated rings. The van der Waals surface area contributed by atoms with Crippen LogP contribution in [-0.4, -0.2) is 23.3 Å². The van der Waals surface area contributed by atoms with Crippen molar-refractivity contribution in [2.75, 3.05) is 7.05 Å². The molecule has 1 aromatic rings. The van der Waals surface area contributed by atoms with Crippen LogP contribution in [0.4, 0.5) is 0 Å². The highest BCUT2D eigenvalue weighted by Gasteiger charge is 2.34. The average Bonchev–Trinajstić information content (AvgIpc) is 2.26. The van der Waals surface area contributed by atoms with E-state index in [0.717, 1.165) is 5.69 Å². The maximum absolute atomic E-state index is 4.68. The molecule has 2 nitrogen and oxygen atoms in total. The second-order valence-corrected chi connectivity index (χ2v) is 7.84. The summed E-state index contributed by atoms with van der Waals surface area (Å²) in [6.45, 7) is 9.01. The second-order valence-electron chi connectivity index (χ2n) is 6.58. The highest BCUT2D eigenvalue weighted by atomic mass is 32.2. The van der Waals surface area contributed by atoms with Crippen molar-refractivity contribution in [2.45, 2.75) is 63.3 Å². The molecule has 1 aliphatic carbocycles. The topological polar surface area (TPSA) is 24.9 Å². The van der Waals surface area contributed by atoms with Gasteiger partial charge in [-0.1, -0.05) is 13.8 Å². The molecule has 19 heavy (non-hydrogen) atoms. The summed E-state index contributed by atoms with van der Waals surface area (Å²) in [5.41, 5.74) is 2.90. The number of nitrogens with one attached hydrogen (secondary N) is 1. The van der Waals surface area contributed by atoms with E-state index in [1.54, 1.807) is 0 Å². The van der Waals surface area contributed by atoms with E-state index in [4.69, 9.17) is 0 Å². The zero-order valence-electron chi connectivity index (χ0n) is 12.8. The number of rotatable bonds is 3. The van der Waals surface area contributed by atoms with Gasteiger partial charge in [-0.05, 0) is 63.3 Å². The first kappa shape index (κ1) is 14.9. The van der Waals surface area contributed by atoms with Gasteiger partial charge in [-0.3, -0.25) is 0 Å². The molecule has 0 aromatic carbocycles. The molecule has 1 N–H and O–H groups in total. The number of hydrogen-bond donors (Lipinski definition) is 1. The molecule has 2 unspecified atom stereocenters. The maximum Gasteiger partial charge on any atom is 0.0968 e. The fourth-order valence-corrected chi connectivity index (χ4v) is 4.73. The van der Waals surface area contributed by atoms with Gasteiger partial charge < -0.3 is 5.32 Å². The maximum atomic E-state index is 4.68. The van der Waals surface area contributed by atoms with E-state index < -0.39 is 0 Å². The van der Waals surface area contributed by atoms with Crippen LogP contribution in [0.1, 0.15) is 44.4 Å². The largest absolute Gasteiger partial charge is 0.316 e. The molecule has 0 saturated heterocycles. The molecule has 1 aliphatic rings. The molecule has 2 atom stereocenters. The Morgan fingerprint density at radius 2 is 2.05 bits per heavy atom. The third kappa shape index (κ3) is 3.96. The van der Waals surface area contributed by atoms with Gasteiger partial charge >= 0.3 is 0 Å². The molecule has 0 radical (unpaired) electrons. The summed E-state index contributed by atoms with van der Waals surface area (Å²) in [6, 6.07) is 4.97. The summed E-state index contributed by atoms with van der Waals surface area (Å²) < 4.78 is 0. The van der Waals surface area contributed by atoms with Crippen LogP contribution in [0.3, 0.4) is 0 Å². The van der Waals surface area contributed by atoms with Gasteiger partial charge in [0.2, 0.25) is 0 Å². The minimum atomic E-state index is 0.462. The van der Waals surface area contributed by atoms with Gasteiger partial charge in [-0.15, -0.1) is 11.8 Å². The van der Waals surface area contributed by atoms with Crippen molar-refractivity contribution in [2.24, 2.45) is 5.41 Å². The van der Waals surface area contributed by atoms with E-state index in [0.29, 0.717) is 16.7 Å². The Bertz CT molecular complexity index is 422. The van der Waals surface area contributed by atoms with Gasteiger partial charge in [-0.25, -0.2) is 4.98 Å². The van der Waals surface area contributed by atoms with Crippen LogP contribution in [0.15, 0.2) is 17.2 Å². The van der Waals surface area contributed by atoms with Crippen molar-refractivity contribution in [3.8, 4) is 0 Å². The Kier molecular flexibility index (Phi) is 4.57. The van der Waals surface area contributed by atoms with Crippen LogP contribution in [0.25, 0.3) is 0 Å². The van der Waals surface area contributed by atoms with Crippen LogP contribution in [0, 0.1) is 19.3 Å². The number of hydrogen-bond acceptors (Lipinski definition) is 3. The highest BCUT2D eigenvalue weighted by molar-refractivity contribution is 7.99. The van der Waals surface area contributed by atoms with Gasteiger partial charge in [0.25, 0.3) is 0 Å². The molecule has 1 saturated carbocycles. The Morgan fingerprint density at radius 3 is 2.68 bits per heavy atom. The Hall–Kier alpha value is -0.540. The van der Waals surface area contributed by atoms with E-state index >= 15 is 0 Å². The molecular weight excluding hydrogens is 252 g/mol. The third-order valence-electron chi connectivity index (χ3n) is 4.05. The summed E-state index contributed by atoms with van der Waals surface area (Å²) in [5, 5.41) is 5.30. The van der Waals surface area contributed by atoms with Crippen molar-refractivity contribution in [1.82, 2.24) is 10.3 Å². The standard InChI is InChI=1S/C16H26N2S/c1-11-8-12(2)18-15(9-11)19-14-10-16(3,4)7-6-13(14)17-5/h8-9,13-14,17H,6-7,10H2,1-5H3. The fourth-order valence-electron chi connectivity index (χ4n) is 2.99. The number of thioether (sulfide) groups is 1. The molecule has 106 valence electrons. The Morgan fingerprint density at radius 1 is 1.32 bits per heavy atom. The first-order valence-corrected chi connectivity index (χ1v) is 8.07. The van der Waals surface area contributed by atoms with Gasteiger partial charge in [0.05, 0.1) is 5.03 Å². The Labute approximate surface area is 121 Å². The van der Waals surface area contributed by atoms with Crippen molar-refractivity contribution in [1.29, 1.82) is 0 Å². The summed E-state index contributed by atoms with van der Waals surface area (Å²) in [5.74, 6) is 0. The van der Waals surface area contributed by atoms with E-state index in [1.807, 2.05) is 11.8 Å². The van der Waals surface area contributed by atoms with Crippen molar-refractivity contribution in [3.05, 3.63) is 23.4 Å². The zero-order valence-corrected chi connectivity index (χ0v) is 13.6. The normalized spacial score (nSPS) is 26.4. The minimum Gasteiger partial charge on any atom is -0.316 e. The lowest BCUT2D eigenvalue weighted by atomic mass is 9.75. The first-order chi connectivity index (χ1) is 8.89. The van der Waals surface area contributed by atoms with E-state index in [2.05, 4.69) is 57.2 Å².